The van der Waals surface area contributed by atoms with Crippen molar-refractivity contribution in [1.29, 1.82) is 0 Å². The number of carbonyl (C=O) groups excluding carboxylic acids is 1. The molecule has 7 nitrogen and oxygen atoms in total. The van der Waals surface area contributed by atoms with Gasteiger partial charge in [0, 0.05) is 44.9 Å². The molecule has 0 bridgehead atoms. The number of H-pyrrole nitrogens is 1. The number of nitrogen functional groups attached to an aromatic ring is 1. The predicted molar refractivity (Wildman–Crippen MR) is 159 cm³/mol. The first kappa shape index (κ1) is 25.5. The van der Waals surface area contributed by atoms with Crippen molar-refractivity contribution in [2.75, 3.05) is 37.8 Å². The Kier molecular flexibility index (Phi) is 7.44. The molecule has 38 heavy (non-hydrogen) atoms. The van der Waals surface area contributed by atoms with Crippen LogP contribution in [0.2, 0.25) is 0 Å². The Labute approximate surface area is 225 Å². The van der Waals surface area contributed by atoms with Gasteiger partial charge in [-0.25, -0.2) is 4.98 Å². The van der Waals surface area contributed by atoms with Crippen LogP contribution in [0.4, 0.5) is 11.5 Å². The number of ether oxygens (including phenoxy) is 1. The molecule has 0 spiro atoms. The second kappa shape index (κ2) is 11.1. The molecule has 0 saturated heterocycles. The van der Waals surface area contributed by atoms with Gasteiger partial charge < -0.3 is 25.7 Å². The van der Waals surface area contributed by atoms with Crippen LogP contribution in [0, 0.1) is 0 Å². The number of methoxy groups -OCH3 is 1. The summed E-state index contributed by atoms with van der Waals surface area (Å²) in [6.07, 6.45) is 6.13. The minimum Gasteiger partial charge on any atom is -0.495 e. The number of nitrogens with zero attached hydrogens (tertiary/aromatic N) is 2. The number of hydrogen-bond acceptors (Lipinski definition) is 6. The highest BCUT2D eigenvalue weighted by molar-refractivity contribution is 7.18. The number of nitrogens with two attached hydrogens (primary N) is 1. The van der Waals surface area contributed by atoms with Gasteiger partial charge in [-0.05, 0) is 48.3 Å². The molecule has 1 amide bonds. The van der Waals surface area contributed by atoms with Crippen molar-refractivity contribution in [3.8, 4) is 16.9 Å². The van der Waals surface area contributed by atoms with Crippen LogP contribution in [0.1, 0.15) is 29.9 Å². The lowest BCUT2D eigenvalue weighted by Gasteiger charge is -2.14. The van der Waals surface area contributed by atoms with Gasteiger partial charge in [-0.15, -0.1) is 11.3 Å². The van der Waals surface area contributed by atoms with Gasteiger partial charge in [-0.2, -0.15) is 0 Å². The maximum atomic E-state index is 13.0. The third kappa shape index (κ3) is 5.01. The molecule has 5 aromatic rings. The van der Waals surface area contributed by atoms with Gasteiger partial charge in [0.05, 0.1) is 12.8 Å². The predicted octanol–water partition coefficient (Wildman–Crippen LogP) is 6.64. The Morgan fingerprint density at radius 3 is 2.76 bits per heavy atom. The summed E-state index contributed by atoms with van der Waals surface area (Å²) in [5, 5.41) is 6.98. The zero-order valence-electron chi connectivity index (χ0n) is 21.7. The van der Waals surface area contributed by atoms with Crippen LogP contribution in [0.15, 0.2) is 66.2 Å². The van der Waals surface area contributed by atoms with E-state index in [0.29, 0.717) is 22.9 Å². The molecule has 5 rings (SSSR count). The number of para-hydroxylation sites is 1. The van der Waals surface area contributed by atoms with E-state index in [2.05, 4.69) is 51.6 Å². The highest BCUT2D eigenvalue weighted by Gasteiger charge is 2.17. The molecular formula is C30H31N5O2S. The molecular weight excluding hydrogens is 494 g/mol. The summed E-state index contributed by atoms with van der Waals surface area (Å²) < 4.78 is 6.75. The Bertz CT molecular complexity index is 1600. The van der Waals surface area contributed by atoms with E-state index in [1.54, 1.807) is 18.4 Å². The number of pyridine rings is 1. The van der Waals surface area contributed by atoms with Gasteiger partial charge in [0.1, 0.15) is 17.3 Å². The van der Waals surface area contributed by atoms with Gasteiger partial charge in [0.15, 0.2) is 0 Å². The second-order valence-corrected chi connectivity index (χ2v) is 9.86. The maximum Gasteiger partial charge on any atom is 0.272 e. The van der Waals surface area contributed by atoms with Crippen LogP contribution in [0.5, 0.6) is 5.75 Å². The number of hydrogen-bond donors (Lipinski definition) is 3. The quantitative estimate of drug-likeness (QED) is 0.200. The van der Waals surface area contributed by atoms with Crippen LogP contribution < -0.4 is 15.8 Å². The smallest absolute Gasteiger partial charge is 0.272 e. The lowest BCUT2D eigenvalue weighted by molar-refractivity contribution is 0.102. The topological polar surface area (TPSA) is 96.3 Å². The molecule has 194 valence electrons. The van der Waals surface area contributed by atoms with Gasteiger partial charge in [-0.1, -0.05) is 50.3 Å². The van der Waals surface area contributed by atoms with Crippen molar-refractivity contribution in [1.82, 2.24) is 14.9 Å². The molecule has 0 aliphatic carbocycles. The Balaban J connectivity index is 1.43. The van der Waals surface area contributed by atoms with E-state index in [0.717, 1.165) is 57.3 Å². The van der Waals surface area contributed by atoms with Gasteiger partial charge in [-0.3, -0.25) is 4.79 Å². The number of amides is 1. The average molecular weight is 526 g/mol. The summed E-state index contributed by atoms with van der Waals surface area (Å²) in [6, 6.07) is 15.4. The first-order valence-electron chi connectivity index (χ1n) is 12.6. The Hall–Kier alpha value is -4.14. The number of likely N-dealkylation sites (N-methyl/N-ethyl adjacent to an activating group) is 1. The SMILES string of the molecule is CCN(CC)CC=Cc1cnc(N)c2c(-c3ccc(NC(=O)c4cc5ccccc5[nH]4)c(OC)c3)csc12. The normalized spacial score (nSPS) is 11.7. The summed E-state index contributed by atoms with van der Waals surface area (Å²) >= 11 is 1.65. The first-order chi connectivity index (χ1) is 18.5. The fourth-order valence-corrected chi connectivity index (χ4v) is 5.65. The lowest BCUT2D eigenvalue weighted by atomic mass is 10.0. The molecule has 0 fully saturated rings. The van der Waals surface area contributed by atoms with E-state index >= 15 is 0 Å². The molecule has 0 saturated carbocycles. The number of fused-ring (bicyclic) bond motifs is 2. The standard InChI is InChI=1S/C30H31N5O2S/c1-4-35(5-2)14-8-10-21-17-32-29(31)27-22(18-38-28(21)27)19-12-13-24(26(16-19)37-3)34-30(36)25-15-20-9-6-7-11-23(20)33-25/h6-13,15-18,33H,4-5,14H2,1-3H3,(H2,31,32)(H,34,36). The highest BCUT2D eigenvalue weighted by Crippen LogP contribution is 2.41. The Morgan fingerprint density at radius 1 is 1.18 bits per heavy atom. The van der Waals surface area contributed by atoms with E-state index in [4.69, 9.17) is 10.5 Å². The summed E-state index contributed by atoms with van der Waals surface area (Å²) in [5.41, 5.74) is 11.3. The molecule has 0 unspecified atom stereocenters. The van der Waals surface area contributed by atoms with Gasteiger partial charge in [0.2, 0.25) is 0 Å². The maximum absolute atomic E-state index is 13.0. The lowest BCUT2D eigenvalue weighted by Crippen LogP contribution is -2.22. The van der Waals surface area contributed by atoms with Gasteiger partial charge in [0.25, 0.3) is 5.91 Å². The Morgan fingerprint density at radius 2 is 2.00 bits per heavy atom. The largest absolute Gasteiger partial charge is 0.495 e. The average Bonchev–Trinajstić information content (AvgIpc) is 3.58. The number of nitrogens with one attached hydrogen (secondary N) is 2. The van der Waals surface area contributed by atoms with Crippen molar-refractivity contribution < 1.29 is 9.53 Å². The second-order valence-electron chi connectivity index (χ2n) is 8.98. The van der Waals surface area contributed by atoms with Crippen molar-refractivity contribution in [2.45, 2.75) is 13.8 Å². The highest BCUT2D eigenvalue weighted by atomic mass is 32.1. The van der Waals surface area contributed by atoms with E-state index in [-0.39, 0.29) is 5.91 Å². The number of anilines is 2. The first-order valence-corrected chi connectivity index (χ1v) is 13.5. The molecule has 8 heteroatoms. The minimum absolute atomic E-state index is 0.234. The summed E-state index contributed by atoms with van der Waals surface area (Å²) in [6.45, 7) is 7.25. The molecule has 4 N–H and O–H groups in total. The summed E-state index contributed by atoms with van der Waals surface area (Å²) in [5.74, 6) is 0.822. The summed E-state index contributed by atoms with van der Waals surface area (Å²) in [4.78, 5) is 23.0. The van der Waals surface area contributed by atoms with Gasteiger partial charge >= 0.3 is 0 Å². The van der Waals surface area contributed by atoms with Crippen molar-refractivity contribution in [3.63, 3.8) is 0 Å². The fraction of sp³-hybridized carbons (Fsp3) is 0.200. The third-order valence-electron chi connectivity index (χ3n) is 6.74. The van der Waals surface area contributed by atoms with Crippen LogP contribution in [0.3, 0.4) is 0 Å². The number of rotatable bonds is 9. The molecule has 0 atom stereocenters. The number of carbonyl (C=O) groups is 1. The molecule has 3 heterocycles. The monoisotopic (exact) mass is 525 g/mol. The third-order valence-corrected chi connectivity index (χ3v) is 7.77. The summed E-state index contributed by atoms with van der Waals surface area (Å²) in [7, 11) is 1.60. The molecule has 2 aromatic carbocycles. The fourth-order valence-electron chi connectivity index (χ4n) is 4.58. The molecule has 0 radical (unpaired) electrons. The van der Waals surface area contributed by atoms with E-state index in [1.165, 1.54) is 0 Å². The number of aromatic amines is 1. The minimum atomic E-state index is -0.234. The van der Waals surface area contributed by atoms with Crippen LogP contribution in [0.25, 0.3) is 38.2 Å². The van der Waals surface area contributed by atoms with Crippen LogP contribution >= 0.6 is 11.3 Å². The molecule has 3 aromatic heterocycles. The van der Waals surface area contributed by atoms with E-state index in [1.807, 2.05) is 54.7 Å². The zero-order chi connectivity index (χ0) is 26.6. The van der Waals surface area contributed by atoms with E-state index < -0.39 is 0 Å². The van der Waals surface area contributed by atoms with Crippen LogP contribution in [-0.2, 0) is 0 Å². The van der Waals surface area contributed by atoms with E-state index in [9.17, 15) is 4.79 Å². The zero-order valence-corrected chi connectivity index (χ0v) is 22.6. The van der Waals surface area contributed by atoms with Crippen molar-refractivity contribution in [2.24, 2.45) is 0 Å². The van der Waals surface area contributed by atoms with Crippen LogP contribution in [-0.4, -0.2) is 47.5 Å². The molecule has 0 aliphatic rings. The number of benzene rings is 2. The number of thiophene rings is 1. The number of aromatic nitrogens is 2. The van der Waals surface area contributed by atoms with Crippen molar-refractivity contribution in [3.05, 3.63) is 77.4 Å². The van der Waals surface area contributed by atoms with Crippen molar-refractivity contribution >= 4 is 55.8 Å². The molecule has 0 aliphatic heterocycles.